The summed E-state index contributed by atoms with van der Waals surface area (Å²) in [5.41, 5.74) is 2.04. The van der Waals surface area contributed by atoms with Crippen molar-refractivity contribution in [1.29, 1.82) is 0 Å². The molecule has 0 amide bonds. The average molecular weight is 232 g/mol. The van der Waals surface area contributed by atoms with Crippen LogP contribution in [0, 0.1) is 0 Å². The lowest BCUT2D eigenvalue weighted by Crippen LogP contribution is -2.12. The minimum absolute atomic E-state index is 0.311. The Bertz CT molecular complexity index is 496. The minimum Gasteiger partial charge on any atom is -0.454 e. The first kappa shape index (κ1) is 10.2. The molecule has 1 N–H and O–H groups in total. The first-order chi connectivity index (χ1) is 8.42. The van der Waals surface area contributed by atoms with E-state index in [1.165, 1.54) is 0 Å². The highest BCUT2D eigenvalue weighted by Crippen LogP contribution is 2.32. The van der Waals surface area contributed by atoms with Gasteiger partial charge in [-0.1, -0.05) is 11.2 Å². The number of hydrogen-bond donors (Lipinski definition) is 1. The molecule has 3 rings (SSSR count). The molecule has 1 aliphatic rings. The molecule has 88 valence electrons. The van der Waals surface area contributed by atoms with E-state index in [-0.39, 0.29) is 0 Å². The van der Waals surface area contributed by atoms with Gasteiger partial charge in [0.2, 0.25) is 6.79 Å². The topological polar surface area (TPSA) is 56.5 Å². The lowest BCUT2D eigenvalue weighted by Gasteiger charge is -2.04. The first-order valence-electron chi connectivity index (χ1n) is 5.40. The fourth-order valence-electron chi connectivity index (χ4n) is 1.71. The van der Waals surface area contributed by atoms with Crippen LogP contribution in [0.3, 0.4) is 0 Å². The van der Waals surface area contributed by atoms with Crippen LogP contribution < -0.4 is 14.8 Å². The van der Waals surface area contributed by atoms with Gasteiger partial charge in [0.25, 0.3) is 0 Å². The number of aromatic nitrogens is 1. The molecule has 0 fully saturated rings. The molecule has 5 nitrogen and oxygen atoms in total. The predicted octanol–water partition coefficient (Wildman–Crippen LogP) is 1.69. The van der Waals surface area contributed by atoms with Gasteiger partial charge in [0.15, 0.2) is 11.5 Å². The van der Waals surface area contributed by atoms with Crippen LogP contribution in [0.15, 0.2) is 35.1 Å². The number of nitrogens with one attached hydrogen (secondary N) is 1. The van der Waals surface area contributed by atoms with Crippen LogP contribution in [0.2, 0.25) is 0 Å². The normalized spacial score (nSPS) is 12.9. The van der Waals surface area contributed by atoms with E-state index in [2.05, 4.69) is 10.5 Å². The third-order valence-corrected chi connectivity index (χ3v) is 2.56. The zero-order chi connectivity index (χ0) is 11.5. The summed E-state index contributed by atoms with van der Waals surface area (Å²) in [4.78, 5) is 0. The van der Waals surface area contributed by atoms with Gasteiger partial charge in [0.1, 0.15) is 6.26 Å². The molecule has 0 saturated carbocycles. The maximum atomic E-state index is 5.31. The Morgan fingerprint density at radius 1 is 1.12 bits per heavy atom. The highest BCUT2D eigenvalue weighted by Gasteiger charge is 2.12. The zero-order valence-corrected chi connectivity index (χ0v) is 9.18. The van der Waals surface area contributed by atoms with Crippen molar-refractivity contribution in [3.63, 3.8) is 0 Å². The van der Waals surface area contributed by atoms with Gasteiger partial charge >= 0.3 is 0 Å². The van der Waals surface area contributed by atoms with Crippen molar-refractivity contribution in [3.8, 4) is 11.5 Å². The molecule has 17 heavy (non-hydrogen) atoms. The summed E-state index contributed by atoms with van der Waals surface area (Å²) in [7, 11) is 0. The second-order valence-electron chi connectivity index (χ2n) is 3.78. The van der Waals surface area contributed by atoms with Crippen LogP contribution in [0.5, 0.6) is 11.5 Å². The molecular weight excluding hydrogens is 220 g/mol. The first-order valence-corrected chi connectivity index (χ1v) is 5.40. The van der Waals surface area contributed by atoms with E-state index >= 15 is 0 Å². The van der Waals surface area contributed by atoms with Gasteiger partial charge in [-0.15, -0.1) is 0 Å². The van der Waals surface area contributed by atoms with Crippen molar-refractivity contribution in [2.45, 2.75) is 13.1 Å². The molecule has 0 radical (unpaired) electrons. The highest BCUT2D eigenvalue weighted by atomic mass is 16.7. The van der Waals surface area contributed by atoms with Gasteiger partial charge in [0.05, 0.1) is 5.69 Å². The predicted molar refractivity (Wildman–Crippen MR) is 59.6 cm³/mol. The Balaban J connectivity index is 1.58. The van der Waals surface area contributed by atoms with Gasteiger partial charge < -0.3 is 19.3 Å². The van der Waals surface area contributed by atoms with Crippen LogP contribution >= 0.6 is 0 Å². The molecule has 0 aliphatic carbocycles. The number of rotatable bonds is 4. The fourth-order valence-corrected chi connectivity index (χ4v) is 1.71. The molecule has 0 atom stereocenters. The van der Waals surface area contributed by atoms with E-state index in [1.54, 1.807) is 6.26 Å². The SMILES string of the molecule is c1cc(CNCc2ccc3c(c2)OCO3)no1. The van der Waals surface area contributed by atoms with Gasteiger partial charge in [-0.2, -0.15) is 0 Å². The molecule has 2 aromatic rings. The Kier molecular flexibility index (Phi) is 2.67. The highest BCUT2D eigenvalue weighted by molar-refractivity contribution is 5.44. The van der Waals surface area contributed by atoms with Gasteiger partial charge in [0, 0.05) is 19.2 Å². The molecular formula is C12H12N2O3. The molecule has 0 saturated heterocycles. The van der Waals surface area contributed by atoms with Gasteiger partial charge in [-0.3, -0.25) is 0 Å². The summed E-state index contributed by atoms with van der Waals surface area (Å²) in [5.74, 6) is 1.62. The summed E-state index contributed by atoms with van der Waals surface area (Å²) < 4.78 is 15.3. The summed E-state index contributed by atoms with van der Waals surface area (Å²) >= 11 is 0. The number of benzene rings is 1. The summed E-state index contributed by atoms with van der Waals surface area (Å²) in [6, 6.07) is 7.77. The molecule has 5 heteroatoms. The van der Waals surface area contributed by atoms with Crippen LogP contribution in [0.25, 0.3) is 0 Å². The van der Waals surface area contributed by atoms with Crippen molar-refractivity contribution >= 4 is 0 Å². The molecule has 2 heterocycles. The van der Waals surface area contributed by atoms with E-state index in [0.29, 0.717) is 13.3 Å². The molecule has 0 spiro atoms. The van der Waals surface area contributed by atoms with Gasteiger partial charge in [-0.25, -0.2) is 0 Å². The third kappa shape index (κ3) is 2.24. The summed E-state index contributed by atoms with van der Waals surface area (Å²) in [5, 5.41) is 7.10. The Morgan fingerprint density at radius 3 is 2.94 bits per heavy atom. The Labute approximate surface area is 98.3 Å². The summed E-state index contributed by atoms with van der Waals surface area (Å²) in [6.07, 6.45) is 1.57. The maximum Gasteiger partial charge on any atom is 0.231 e. The van der Waals surface area contributed by atoms with Crippen LogP contribution in [-0.4, -0.2) is 11.9 Å². The standard InChI is InChI=1S/C12H12N2O3/c1-2-11-12(16-8-15-11)5-9(1)6-13-7-10-3-4-17-14-10/h1-5,13H,6-8H2. The van der Waals surface area contributed by atoms with Crippen molar-refractivity contribution in [2.75, 3.05) is 6.79 Å². The molecule has 1 aromatic heterocycles. The quantitative estimate of drug-likeness (QED) is 0.869. The number of nitrogens with zero attached hydrogens (tertiary/aromatic N) is 1. The second-order valence-corrected chi connectivity index (χ2v) is 3.78. The van der Waals surface area contributed by atoms with E-state index in [1.807, 2.05) is 24.3 Å². The van der Waals surface area contributed by atoms with Gasteiger partial charge in [-0.05, 0) is 17.7 Å². The second kappa shape index (κ2) is 4.47. The van der Waals surface area contributed by atoms with Crippen molar-refractivity contribution in [3.05, 3.63) is 41.8 Å². The molecule has 0 unspecified atom stereocenters. The molecule has 0 bridgehead atoms. The molecule has 1 aliphatic heterocycles. The lowest BCUT2D eigenvalue weighted by atomic mass is 10.2. The average Bonchev–Trinajstić information content (AvgIpc) is 2.98. The van der Waals surface area contributed by atoms with Crippen LogP contribution in [-0.2, 0) is 13.1 Å². The Morgan fingerprint density at radius 2 is 2.06 bits per heavy atom. The smallest absolute Gasteiger partial charge is 0.231 e. The third-order valence-electron chi connectivity index (χ3n) is 2.56. The van der Waals surface area contributed by atoms with Crippen LogP contribution in [0.4, 0.5) is 0 Å². The number of ether oxygens (including phenoxy) is 2. The van der Waals surface area contributed by atoms with E-state index < -0.39 is 0 Å². The number of hydrogen-bond acceptors (Lipinski definition) is 5. The van der Waals surface area contributed by atoms with E-state index in [0.717, 1.165) is 29.3 Å². The largest absolute Gasteiger partial charge is 0.454 e. The van der Waals surface area contributed by atoms with Crippen molar-refractivity contribution in [1.82, 2.24) is 10.5 Å². The van der Waals surface area contributed by atoms with Crippen LogP contribution in [0.1, 0.15) is 11.3 Å². The molecule has 1 aromatic carbocycles. The van der Waals surface area contributed by atoms with Crippen molar-refractivity contribution in [2.24, 2.45) is 0 Å². The monoisotopic (exact) mass is 232 g/mol. The van der Waals surface area contributed by atoms with Crippen molar-refractivity contribution < 1.29 is 14.0 Å². The summed E-state index contributed by atoms with van der Waals surface area (Å²) in [6.45, 7) is 1.75. The fraction of sp³-hybridized carbons (Fsp3) is 0.250. The maximum absolute atomic E-state index is 5.31. The minimum atomic E-state index is 0.311. The van der Waals surface area contributed by atoms with E-state index in [4.69, 9.17) is 14.0 Å². The van der Waals surface area contributed by atoms with E-state index in [9.17, 15) is 0 Å². The lowest BCUT2D eigenvalue weighted by molar-refractivity contribution is 0.174. The Hall–Kier alpha value is -2.01. The number of fused-ring (bicyclic) bond motifs is 1. The zero-order valence-electron chi connectivity index (χ0n) is 9.18.